The number of hydrogen-bond donors (Lipinski definition) is 1. The van der Waals surface area contributed by atoms with E-state index in [1.54, 1.807) is 0 Å². The highest BCUT2D eigenvalue weighted by Crippen LogP contribution is 2.44. The van der Waals surface area contributed by atoms with E-state index in [0.29, 0.717) is 12.5 Å². The molecule has 4 nitrogen and oxygen atoms in total. The first-order chi connectivity index (χ1) is 12.3. The smallest absolute Gasteiger partial charge is 0.131 e. The molecule has 0 spiro atoms. The lowest BCUT2D eigenvalue weighted by Gasteiger charge is -2.42. The zero-order chi connectivity index (χ0) is 17.1. The molecule has 3 fully saturated rings. The average molecular weight is 344 g/mol. The van der Waals surface area contributed by atoms with E-state index in [4.69, 9.17) is 9.97 Å². The fourth-order valence-corrected chi connectivity index (χ4v) is 5.02. The molecule has 2 saturated carbocycles. The van der Waals surface area contributed by atoms with Gasteiger partial charge in [0.2, 0.25) is 0 Å². The van der Waals surface area contributed by atoms with Crippen LogP contribution >= 0.6 is 0 Å². The number of aliphatic hydroxyl groups is 1. The van der Waals surface area contributed by atoms with Gasteiger partial charge in [-0.05, 0) is 44.6 Å². The Balaban J connectivity index is 1.36. The van der Waals surface area contributed by atoms with Gasteiger partial charge in [-0.25, -0.2) is 9.97 Å². The summed E-state index contributed by atoms with van der Waals surface area (Å²) in [6.45, 7) is 3.44. The van der Waals surface area contributed by atoms with Crippen LogP contribution < -0.4 is 0 Å². The van der Waals surface area contributed by atoms with Gasteiger partial charge in [-0.15, -0.1) is 0 Å². The minimum Gasteiger partial charge on any atom is -0.396 e. The van der Waals surface area contributed by atoms with Crippen LogP contribution in [0, 0.1) is 11.3 Å². The van der Waals surface area contributed by atoms with Crippen LogP contribution in [0.1, 0.15) is 81.5 Å². The summed E-state index contributed by atoms with van der Waals surface area (Å²) in [5.41, 5.74) is 1.36. The molecule has 1 N–H and O–H groups in total. The Morgan fingerprint density at radius 1 is 1.04 bits per heavy atom. The molecule has 0 radical (unpaired) electrons. The molecule has 0 bridgehead atoms. The van der Waals surface area contributed by atoms with Gasteiger partial charge in [-0.3, -0.25) is 4.90 Å². The van der Waals surface area contributed by atoms with Crippen LogP contribution in [-0.2, 0) is 6.54 Å². The molecular weight excluding hydrogens is 310 g/mol. The van der Waals surface area contributed by atoms with E-state index >= 15 is 0 Å². The van der Waals surface area contributed by atoms with Gasteiger partial charge in [-0.2, -0.15) is 0 Å². The summed E-state index contributed by atoms with van der Waals surface area (Å²) in [5.74, 6) is 2.52. The second kappa shape index (κ2) is 7.71. The highest BCUT2D eigenvalue weighted by atomic mass is 16.3. The van der Waals surface area contributed by atoms with E-state index in [0.717, 1.165) is 31.4 Å². The van der Waals surface area contributed by atoms with Crippen molar-refractivity contribution in [3.05, 3.63) is 23.8 Å². The van der Waals surface area contributed by atoms with Gasteiger partial charge in [0.05, 0.1) is 0 Å². The maximum absolute atomic E-state index is 10.0. The van der Waals surface area contributed by atoms with Crippen molar-refractivity contribution in [2.24, 2.45) is 11.3 Å². The zero-order valence-corrected chi connectivity index (χ0v) is 15.5. The number of piperidine rings is 1. The fourth-order valence-electron chi connectivity index (χ4n) is 5.02. The van der Waals surface area contributed by atoms with E-state index in [1.807, 2.05) is 12.4 Å². The predicted molar refractivity (Wildman–Crippen MR) is 99.2 cm³/mol. The topological polar surface area (TPSA) is 49.2 Å². The molecule has 1 atom stereocenters. The van der Waals surface area contributed by atoms with Crippen LogP contribution in [0.15, 0.2) is 12.4 Å². The van der Waals surface area contributed by atoms with Crippen molar-refractivity contribution in [3.63, 3.8) is 0 Å². The van der Waals surface area contributed by atoms with Gasteiger partial charge < -0.3 is 5.11 Å². The molecule has 4 heteroatoms. The second-order valence-corrected chi connectivity index (χ2v) is 8.90. The summed E-state index contributed by atoms with van der Waals surface area (Å²) in [5, 5.41) is 10.0. The van der Waals surface area contributed by atoms with Gasteiger partial charge >= 0.3 is 0 Å². The molecule has 0 aromatic carbocycles. The van der Waals surface area contributed by atoms with Crippen molar-refractivity contribution in [1.82, 2.24) is 14.9 Å². The third-order valence-corrected chi connectivity index (χ3v) is 6.60. The van der Waals surface area contributed by atoms with Crippen molar-refractivity contribution >= 4 is 0 Å². The van der Waals surface area contributed by atoms with Gasteiger partial charge in [0.15, 0.2) is 0 Å². The van der Waals surface area contributed by atoms with Crippen LogP contribution in [-0.4, -0.2) is 39.7 Å². The van der Waals surface area contributed by atoms with E-state index in [-0.39, 0.29) is 5.41 Å². The molecule has 1 aliphatic heterocycles. The first-order valence-corrected chi connectivity index (χ1v) is 10.4. The maximum Gasteiger partial charge on any atom is 0.131 e. The standard InChI is InChI=1S/C21H33N3O/c25-16-21(11-17-7-8-17)9-4-10-24(15-21)14-18-12-22-20(23-13-18)19-5-2-1-3-6-19/h12-13,17,19,25H,1-11,14-16H2/t21-/m0/s1. The molecule has 2 heterocycles. The average Bonchev–Trinajstić information content (AvgIpc) is 3.47. The number of rotatable bonds is 6. The quantitative estimate of drug-likeness (QED) is 0.851. The van der Waals surface area contributed by atoms with Crippen LogP contribution in [0.4, 0.5) is 0 Å². The molecule has 2 aliphatic carbocycles. The van der Waals surface area contributed by atoms with E-state index < -0.39 is 0 Å². The lowest BCUT2D eigenvalue weighted by molar-refractivity contribution is 0.0179. The summed E-state index contributed by atoms with van der Waals surface area (Å²) in [6, 6.07) is 0. The Kier molecular flexibility index (Phi) is 5.37. The molecule has 3 aliphatic rings. The second-order valence-electron chi connectivity index (χ2n) is 8.90. The predicted octanol–water partition coefficient (Wildman–Crippen LogP) is 3.90. The fraction of sp³-hybridized carbons (Fsp3) is 0.810. The summed E-state index contributed by atoms with van der Waals surface area (Å²) in [7, 11) is 0. The Bertz CT molecular complexity index is 551. The van der Waals surface area contributed by atoms with Crippen molar-refractivity contribution in [2.75, 3.05) is 19.7 Å². The lowest BCUT2D eigenvalue weighted by atomic mass is 9.76. The molecule has 25 heavy (non-hydrogen) atoms. The maximum atomic E-state index is 10.0. The van der Waals surface area contributed by atoms with E-state index in [2.05, 4.69) is 4.90 Å². The van der Waals surface area contributed by atoms with Crippen molar-refractivity contribution < 1.29 is 5.11 Å². The highest BCUT2D eigenvalue weighted by Gasteiger charge is 2.39. The molecule has 0 unspecified atom stereocenters. The number of nitrogens with zero attached hydrogens (tertiary/aromatic N) is 3. The molecular formula is C21H33N3O. The summed E-state index contributed by atoms with van der Waals surface area (Å²) < 4.78 is 0. The molecule has 1 aromatic heterocycles. The van der Waals surface area contributed by atoms with Gasteiger partial charge in [0.25, 0.3) is 0 Å². The molecule has 0 amide bonds. The summed E-state index contributed by atoms with van der Waals surface area (Å²) in [6.07, 6.45) is 17.0. The molecule has 138 valence electrons. The summed E-state index contributed by atoms with van der Waals surface area (Å²) in [4.78, 5) is 11.9. The van der Waals surface area contributed by atoms with Crippen LogP contribution in [0.3, 0.4) is 0 Å². The van der Waals surface area contributed by atoms with Gasteiger partial charge in [0.1, 0.15) is 5.82 Å². The zero-order valence-electron chi connectivity index (χ0n) is 15.5. The van der Waals surface area contributed by atoms with Crippen LogP contribution in [0.2, 0.25) is 0 Å². The first-order valence-electron chi connectivity index (χ1n) is 10.4. The lowest BCUT2D eigenvalue weighted by Crippen LogP contribution is -2.45. The monoisotopic (exact) mass is 343 g/mol. The Labute approximate surface area is 152 Å². The van der Waals surface area contributed by atoms with Crippen LogP contribution in [0.5, 0.6) is 0 Å². The van der Waals surface area contributed by atoms with Gasteiger partial charge in [-0.1, -0.05) is 32.1 Å². The van der Waals surface area contributed by atoms with E-state index in [9.17, 15) is 5.11 Å². The van der Waals surface area contributed by atoms with Crippen molar-refractivity contribution in [3.8, 4) is 0 Å². The molecule has 1 aromatic rings. The molecule has 1 saturated heterocycles. The van der Waals surface area contributed by atoms with Crippen molar-refractivity contribution in [1.29, 1.82) is 0 Å². The first kappa shape index (κ1) is 17.4. The Morgan fingerprint density at radius 2 is 1.80 bits per heavy atom. The van der Waals surface area contributed by atoms with Gasteiger partial charge in [0, 0.05) is 49.0 Å². The number of aromatic nitrogens is 2. The third kappa shape index (κ3) is 4.40. The number of likely N-dealkylation sites (tertiary alicyclic amines) is 1. The molecule has 4 rings (SSSR count). The van der Waals surface area contributed by atoms with E-state index in [1.165, 1.54) is 69.8 Å². The highest BCUT2D eigenvalue weighted by molar-refractivity contribution is 5.08. The number of hydrogen-bond acceptors (Lipinski definition) is 4. The summed E-state index contributed by atoms with van der Waals surface area (Å²) >= 11 is 0. The normalized spacial score (nSPS) is 29.0. The Hall–Kier alpha value is -1.00. The van der Waals surface area contributed by atoms with Crippen molar-refractivity contribution in [2.45, 2.75) is 76.7 Å². The minimum atomic E-state index is 0.141. The third-order valence-electron chi connectivity index (χ3n) is 6.60. The Morgan fingerprint density at radius 3 is 2.48 bits per heavy atom. The van der Waals surface area contributed by atoms with Crippen LogP contribution in [0.25, 0.3) is 0 Å². The SMILES string of the molecule is OC[C@]1(CC2CC2)CCCN(Cc2cnc(C3CCCCC3)nc2)C1. The largest absolute Gasteiger partial charge is 0.396 e. The number of aliphatic hydroxyl groups excluding tert-OH is 1. The minimum absolute atomic E-state index is 0.141.